The lowest BCUT2D eigenvalue weighted by Crippen LogP contribution is -2.16. The SMILES string of the molecule is CCCC(F)(F)c1nc(Cc2ccc(-c3ccccc3C(=O)O)cc2)n(CCC(C)C)n1. The first-order chi connectivity index (χ1) is 15.2. The summed E-state index contributed by atoms with van der Waals surface area (Å²) in [5.41, 5.74) is 2.54. The van der Waals surface area contributed by atoms with E-state index in [2.05, 4.69) is 23.9 Å². The molecule has 0 atom stereocenters. The monoisotopic (exact) mass is 441 g/mol. The van der Waals surface area contributed by atoms with Gasteiger partial charge in [-0.25, -0.2) is 14.5 Å². The van der Waals surface area contributed by atoms with Gasteiger partial charge >= 0.3 is 11.9 Å². The topological polar surface area (TPSA) is 68.0 Å². The van der Waals surface area contributed by atoms with E-state index in [1.807, 2.05) is 24.3 Å². The Balaban J connectivity index is 1.87. The minimum absolute atomic E-state index is 0.233. The van der Waals surface area contributed by atoms with Crippen molar-refractivity contribution in [2.45, 2.75) is 58.9 Å². The zero-order chi connectivity index (χ0) is 23.3. The molecule has 0 spiro atoms. The average Bonchev–Trinajstić information content (AvgIpc) is 3.16. The largest absolute Gasteiger partial charge is 0.478 e. The normalized spacial score (nSPS) is 11.8. The van der Waals surface area contributed by atoms with E-state index in [0.29, 0.717) is 36.7 Å². The Morgan fingerprint density at radius 3 is 2.44 bits per heavy atom. The van der Waals surface area contributed by atoms with Crippen molar-refractivity contribution in [3.05, 3.63) is 71.3 Å². The molecule has 1 N–H and O–H groups in total. The van der Waals surface area contributed by atoms with Gasteiger partial charge in [-0.1, -0.05) is 63.2 Å². The van der Waals surface area contributed by atoms with E-state index in [-0.39, 0.29) is 12.0 Å². The summed E-state index contributed by atoms with van der Waals surface area (Å²) in [6.45, 7) is 6.41. The molecule has 0 radical (unpaired) electrons. The molecule has 2 aromatic carbocycles. The first-order valence-electron chi connectivity index (χ1n) is 10.9. The van der Waals surface area contributed by atoms with Crippen LogP contribution in [0.5, 0.6) is 0 Å². The van der Waals surface area contributed by atoms with E-state index in [1.165, 1.54) is 0 Å². The summed E-state index contributed by atoms with van der Waals surface area (Å²) < 4.78 is 30.5. The molecule has 0 amide bonds. The number of alkyl halides is 2. The first kappa shape index (κ1) is 23.6. The van der Waals surface area contributed by atoms with Gasteiger partial charge in [0.1, 0.15) is 5.82 Å². The highest BCUT2D eigenvalue weighted by Crippen LogP contribution is 2.31. The maximum atomic E-state index is 14.4. The summed E-state index contributed by atoms with van der Waals surface area (Å²) in [5.74, 6) is -3.51. The molecular formula is C25H29F2N3O2. The Hall–Kier alpha value is -3.09. The molecule has 7 heteroatoms. The lowest BCUT2D eigenvalue weighted by atomic mass is 9.98. The Labute approximate surface area is 187 Å². The summed E-state index contributed by atoms with van der Waals surface area (Å²) in [7, 11) is 0. The number of carboxylic acid groups (broad SMARTS) is 1. The van der Waals surface area contributed by atoms with Crippen molar-refractivity contribution in [3.63, 3.8) is 0 Å². The fourth-order valence-corrected chi connectivity index (χ4v) is 3.55. The van der Waals surface area contributed by atoms with Crippen molar-refractivity contribution in [1.29, 1.82) is 0 Å². The molecule has 0 saturated carbocycles. The number of carboxylic acids is 1. The Morgan fingerprint density at radius 1 is 1.12 bits per heavy atom. The second-order valence-corrected chi connectivity index (χ2v) is 8.44. The maximum Gasteiger partial charge on any atom is 0.336 e. The number of aromatic nitrogens is 3. The summed E-state index contributed by atoms with van der Waals surface area (Å²) >= 11 is 0. The molecule has 5 nitrogen and oxygen atoms in total. The van der Waals surface area contributed by atoms with Gasteiger partial charge in [0, 0.05) is 19.4 Å². The van der Waals surface area contributed by atoms with Crippen LogP contribution in [0.15, 0.2) is 48.5 Å². The predicted molar refractivity (Wildman–Crippen MR) is 120 cm³/mol. The molecule has 0 fully saturated rings. The Bertz CT molecular complexity index is 1060. The first-order valence-corrected chi connectivity index (χ1v) is 10.9. The second kappa shape index (κ2) is 10.0. The number of halogens is 2. The fraction of sp³-hybridized carbons (Fsp3) is 0.400. The molecule has 1 aromatic heterocycles. The van der Waals surface area contributed by atoms with E-state index in [9.17, 15) is 18.7 Å². The zero-order valence-electron chi connectivity index (χ0n) is 18.7. The summed E-state index contributed by atoms with van der Waals surface area (Å²) in [5, 5.41) is 13.6. The van der Waals surface area contributed by atoms with Gasteiger partial charge in [-0.05, 0) is 41.5 Å². The van der Waals surface area contributed by atoms with E-state index >= 15 is 0 Å². The van der Waals surface area contributed by atoms with Crippen LogP contribution in [0.3, 0.4) is 0 Å². The van der Waals surface area contributed by atoms with Crippen LogP contribution in [-0.4, -0.2) is 25.8 Å². The van der Waals surface area contributed by atoms with Crippen molar-refractivity contribution in [3.8, 4) is 11.1 Å². The molecule has 32 heavy (non-hydrogen) atoms. The second-order valence-electron chi connectivity index (χ2n) is 8.44. The van der Waals surface area contributed by atoms with Crippen LogP contribution in [0.1, 0.15) is 67.6 Å². The Morgan fingerprint density at radius 2 is 1.81 bits per heavy atom. The summed E-state index contributed by atoms with van der Waals surface area (Å²) in [6, 6.07) is 14.3. The van der Waals surface area contributed by atoms with Crippen LogP contribution in [0.4, 0.5) is 8.78 Å². The van der Waals surface area contributed by atoms with E-state index in [1.54, 1.807) is 35.9 Å². The fourth-order valence-electron chi connectivity index (χ4n) is 3.55. The molecular weight excluding hydrogens is 412 g/mol. The number of aryl methyl sites for hydroxylation is 1. The van der Waals surface area contributed by atoms with E-state index in [4.69, 9.17) is 0 Å². The van der Waals surface area contributed by atoms with Gasteiger partial charge in [-0.3, -0.25) is 0 Å². The molecule has 0 aliphatic rings. The van der Waals surface area contributed by atoms with Crippen molar-refractivity contribution < 1.29 is 18.7 Å². The molecule has 1 heterocycles. The van der Waals surface area contributed by atoms with E-state index in [0.717, 1.165) is 17.5 Å². The van der Waals surface area contributed by atoms with Crippen LogP contribution in [0.25, 0.3) is 11.1 Å². The third-order valence-electron chi connectivity index (χ3n) is 5.34. The molecule has 0 unspecified atom stereocenters. The number of aromatic carboxylic acids is 1. The standard InChI is InChI=1S/C25H29F2N3O2/c1-4-14-25(26,27)24-28-22(30(29-24)15-13-17(2)3)16-18-9-11-19(12-10-18)20-7-5-6-8-21(20)23(31)32/h5-12,17H,4,13-16H2,1-3H3,(H,31,32). The third-order valence-corrected chi connectivity index (χ3v) is 5.34. The number of carbonyl (C=O) groups is 1. The molecule has 0 saturated heterocycles. The quantitative estimate of drug-likeness (QED) is 0.408. The highest BCUT2D eigenvalue weighted by atomic mass is 19.3. The smallest absolute Gasteiger partial charge is 0.336 e. The third kappa shape index (κ3) is 5.58. The van der Waals surface area contributed by atoms with Crippen molar-refractivity contribution in [2.75, 3.05) is 0 Å². The van der Waals surface area contributed by atoms with Gasteiger partial charge in [-0.2, -0.15) is 8.78 Å². The van der Waals surface area contributed by atoms with Crippen molar-refractivity contribution in [2.24, 2.45) is 5.92 Å². The highest BCUT2D eigenvalue weighted by Gasteiger charge is 2.36. The molecule has 0 bridgehead atoms. The van der Waals surface area contributed by atoms with Gasteiger partial charge in [0.2, 0.25) is 5.82 Å². The number of hydrogen-bond acceptors (Lipinski definition) is 3. The van der Waals surface area contributed by atoms with Gasteiger partial charge < -0.3 is 5.11 Å². The van der Waals surface area contributed by atoms with Crippen LogP contribution in [0, 0.1) is 5.92 Å². The van der Waals surface area contributed by atoms with Crippen LogP contribution >= 0.6 is 0 Å². The molecule has 0 aliphatic carbocycles. The van der Waals surface area contributed by atoms with Gasteiger partial charge in [0.05, 0.1) is 5.56 Å². The number of rotatable bonds is 10. The zero-order valence-corrected chi connectivity index (χ0v) is 18.7. The molecule has 170 valence electrons. The Kier molecular flexibility index (Phi) is 7.38. The predicted octanol–water partition coefficient (Wildman–Crippen LogP) is 6.17. The van der Waals surface area contributed by atoms with Crippen LogP contribution < -0.4 is 0 Å². The molecule has 0 aliphatic heterocycles. The number of hydrogen-bond donors (Lipinski definition) is 1. The average molecular weight is 442 g/mol. The van der Waals surface area contributed by atoms with E-state index < -0.39 is 17.7 Å². The van der Waals surface area contributed by atoms with Crippen molar-refractivity contribution in [1.82, 2.24) is 14.8 Å². The number of nitrogens with zero attached hydrogens (tertiary/aromatic N) is 3. The lowest BCUT2D eigenvalue weighted by Gasteiger charge is -2.10. The van der Waals surface area contributed by atoms with Crippen LogP contribution in [-0.2, 0) is 18.9 Å². The lowest BCUT2D eigenvalue weighted by molar-refractivity contribution is -0.0233. The highest BCUT2D eigenvalue weighted by molar-refractivity contribution is 5.95. The van der Waals surface area contributed by atoms with Gasteiger partial charge in [0.15, 0.2) is 0 Å². The summed E-state index contributed by atoms with van der Waals surface area (Å²) in [6.07, 6.45) is 1.26. The van der Waals surface area contributed by atoms with Crippen LogP contribution in [0.2, 0.25) is 0 Å². The molecule has 3 aromatic rings. The number of benzene rings is 2. The van der Waals surface area contributed by atoms with Gasteiger partial charge in [0.25, 0.3) is 0 Å². The minimum Gasteiger partial charge on any atom is -0.478 e. The minimum atomic E-state index is -3.04. The van der Waals surface area contributed by atoms with Gasteiger partial charge in [-0.15, -0.1) is 5.10 Å². The van der Waals surface area contributed by atoms with Crippen molar-refractivity contribution >= 4 is 5.97 Å². The maximum absolute atomic E-state index is 14.4. The summed E-state index contributed by atoms with van der Waals surface area (Å²) in [4.78, 5) is 15.7. The molecule has 3 rings (SSSR count).